The van der Waals surface area contributed by atoms with Crippen LogP contribution in [0.4, 0.5) is 4.20 Å². The first-order valence-electron chi connectivity index (χ1n) is 3.04. The minimum Gasteiger partial charge on any atom is -0.759 e. The van der Waals surface area contributed by atoms with Gasteiger partial charge in [0.25, 0.3) is 0 Å². The van der Waals surface area contributed by atoms with E-state index in [4.69, 9.17) is 17.5 Å². The minimum atomic E-state index is -5.17. The van der Waals surface area contributed by atoms with E-state index in [-0.39, 0.29) is 65.2 Å². The van der Waals surface area contributed by atoms with Crippen LogP contribution in [0.2, 0.25) is 0 Å². The molecule has 15 heavy (non-hydrogen) atoms. The van der Waals surface area contributed by atoms with Crippen LogP contribution in [-0.2, 0) is 19.5 Å². The molecule has 0 aromatic carbocycles. The molecule has 0 N–H and O–H groups in total. The summed E-state index contributed by atoms with van der Waals surface area (Å²) in [4.78, 5) is 0. The molecule has 0 aliphatic carbocycles. The van der Waals surface area contributed by atoms with Gasteiger partial charge in [-0.25, -0.2) is 0 Å². The molecule has 0 aromatic heterocycles. The third kappa shape index (κ3) is 64.1. The topological polar surface area (TPSA) is 107 Å². The molecule has 82 valence electrons. The van der Waals surface area contributed by atoms with Crippen molar-refractivity contribution in [1.29, 1.82) is 0 Å². The summed E-state index contributed by atoms with van der Waals surface area (Å²) in [5.41, 5.74) is 0. The Morgan fingerprint density at radius 3 is 1.47 bits per heavy atom. The molecule has 0 spiro atoms. The van der Waals surface area contributed by atoms with Gasteiger partial charge in [0.1, 0.15) is 0 Å². The second-order valence-electron chi connectivity index (χ2n) is 2.31. The third-order valence-electron chi connectivity index (χ3n) is 0.399. The van der Waals surface area contributed by atoms with Crippen LogP contribution < -0.4 is 59.1 Å². The molecule has 6 nitrogen and oxygen atoms in total. The molecule has 0 rings (SSSR count). The fraction of sp³-hybridized carbons (Fsp3) is 1.00. The Bertz CT molecular complexity index is 267. The molecule has 0 bridgehead atoms. The monoisotopic (exact) mass is 282 g/mol. The van der Waals surface area contributed by atoms with E-state index < -0.39 is 18.1 Å². The second kappa shape index (κ2) is 11.1. The van der Waals surface area contributed by atoms with E-state index in [9.17, 15) is 8.76 Å². The van der Waals surface area contributed by atoms with Gasteiger partial charge in [-0.1, -0.05) is 0 Å². The van der Waals surface area contributed by atoms with E-state index >= 15 is 0 Å². The van der Waals surface area contributed by atoms with Gasteiger partial charge >= 0.3 is 66.8 Å². The van der Waals surface area contributed by atoms with Crippen molar-refractivity contribution in [3.8, 4) is 0 Å². The molecule has 1 atom stereocenters. The molecule has 0 aliphatic rings. The molecule has 0 radical (unpaired) electrons. The van der Waals surface area contributed by atoms with Crippen LogP contribution in [0, 0.1) is 0 Å². The predicted molar refractivity (Wildman–Crippen MR) is 41.3 cm³/mol. The van der Waals surface area contributed by atoms with Gasteiger partial charge in [-0.2, -0.15) is 4.20 Å². The van der Waals surface area contributed by atoms with E-state index in [0.717, 1.165) is 6.66 Å². The van der Waals surface area contributed by atoms with E-state index in [2.05, 4.69) is 4.52 Å². The first kappa shape index (κ1) is 25.7. The van der Waals surface area contributed by atoms with Crippen molar-refractivity contribution in [1.82, 2.24) is 0 Å². The fourth-order valence-electron chi connectivity index (χ4n) is 0.377. The smallest absolute Gasteiger partial charge is 0.759 e. The fourth-order valence-corrected chi connectivity index (χ4v) is 1.13. The zero-order valence-electron chi connectivity index (χ0n) is 9.26. The Balaban J connectivity index is -0.0000000770. The molecule has 0 aromatic rings. The summed E-state index contributed by atoms with van der Waals surface area (Å²) in [5, 5.41) is 0. The van der Waals surface area contributed by atoms with Crippen LogP contribution >= 0.6 is 7.68 Å². The Kier molecular flexibility index (Phi) is 19.1. The summed E-state index contributed by atoms with van der Waals surface area (Å²) in [5.74, 6) is 0. The summed E-state index contributed by atoms with van der Waals surface area (Å²) in [6, 6.07) is 0. The molecule has 0 aliphatic heterocycles. The van der Waals surface area contributed by atoms with Crippen LogP contribution in [-0.4, -0.2) is 30.3 Å². The van der Waals surface area contributed by atoms with Crippen LogP contribution in [0.1, 0.15) is 13.8 Å². The molecular formula is C4H10FNa2O6PS. The quantitative estimate of drug-likeness (QED) is 0.217. The first-order valence-corrected chi connectivity index (χ1v) is 6.33. The molecule has 0 saturated carbocycles. The van der Waals surface area contributed by atoms with E-state index in [1.54, 1.807) is 13.8 Å². The Hall–Kier alpha value is 1.99. The molecular weight excluding hydrogens is 272 g/mol. The first-order chi connectivity index (χ1) is 5.42. The Morgan fingerprint density at radius 2 is 1.47 bits per heavy atom. The molecule has 0 heterocycles. The molecule has 0 saturated heterocycles. The van der Waals surface area contributed by atoms with Crippen molar-refractivity contribution in [2.45, 2.75) is 20.0 Å². The van der Waals surface area contributed by atoms with Gasteiger partial charge in [-0.3, -0.25) is 13.0 Å². The maximum atomic E-state index is 12.0. The van der Waals surface area contributed by atoms with Crippen LogP contribution in [0.15, 0.2) is 0 Å². The Labute approximate surface area is 133 Å². The van der Waals surface area contributed by atoms with Gasteiger partial charge in [-0.05, 0) is 13.8 Å². The summed E-state index contributed by atoms with van der Waals surface area (Å²) < 4.78 is 60.5. The van der Waals surface area contributed by atoms with Crippen molar-refractivity contribution < 1.29 is 89.9 Å². The van der Waals surface area contributed by atoms with Crippen molar-refractivity contribution in [2.75, 3.05) is 6.66 Å². The predicted octanol–water partition coefficient (Wildman–Crippen LogP) is -5.13. The molecule has 0 amide bonds. The van der Waals surface area contributed by atoms with Crippen molar-refractivity contribution in [3.63, 3.8) is 0 Å². The molecule has 0 fully saturated rings. The van der Waals surface area contributed by atoms with Crippen molar-refractivity contribution >= 4 is 18.1 Å². The van der Waals surface area contributed by atoms with Gasteiger partial charge in [0.05, 0.1) is 6.10 Å². The average Bonchev–Trinajstić information content (AvgIpc) is 1.47. The SMILES string of the molecule is CC(C)OP(C)(=O)F.O=S(=O)([O-])[O-].[Na+].[Na+]. The van der Waals surface area contributed by atoms with Crippen LogP contribution in [0.5, 0.6) is 0 Å². The van der Waals surface area contributed by atoms with Gasteiger partial charge in [0.15, 0.2) is 0 Å². The maximum Gasteiger partial charge on any atom is 1.00 e. The van der Waals surface area contributed by atoms with Crippen LogP contribution in [0.3, 0.4) is 0 Å². The minimum absolute atomic E-state index is 0. The van der Waals surface area contributed by atoms with Gasteiger partial charge in [0.2, 0.25) is 0 Å². The number of rotatable bonds is 2. The van der Waals surface area contributed by atoms with Crippen molar-refractivity contribution in [2.24, 2.45) is 0 Å². The molecule has 1 unspecified atom stereocenters. The number of hydrogen-bond acceptors (Lipinski definition) is 6. The third-order valence-corrected chi connectivity index (χ3v) is 1.20. The van der Waals surface area contributed by atoms with Crippen molar-refractivity contribution in [3.05, 3.63) is 0 Å². The number of halogens is 1. The van der Waals surface area contributed by atoms with E-state index in [1.165, 1.54) is 0 Å². The Morgan fingerprint density at radius 1 is 1.27 bits per heavy atom. The van der Waals surface area contributed by atoms with E-state index in [0.29, 0.717) is 0 Å². The van der Waals surface area contributed by atoms with Gasteiger partial charge < -0.3 is 13.6 Å². The average molecular weight is 282 g/mol. The zero-order chi connectivity index (χ0) is 11.3. The van der Waals surface area contributed by atoms with E-state index in [1.807, 2.05) is 0 Å². The number of hydrogen-bond donors (Lipinski definition) is 0. The largest absolute Gasteiger partial charge is 1.00 e. The second-order valence-corrected chi connectivity index (χ2v) is 4.83. The molecule has 11 heteroatoms. The standard InChI is InChI=1S/C4H10FO2P.2Na.H2O4S/c1-4(2)7-8(3,5)6;;;1-5(2,3)4/h4H,1-3H3;;;(H2,1,2,3,4)/q;2*+1;/p-2. The summed E-state index contributed by atoms with van der Waals surface area (Å²) in [7, 11) is -8.89. The van der Waals surface area contributed by atoms with Gasteiger partial charge in [0, 0.05) is 17.1 Å². The zero-order valence-corrected chi connectivity index (χ0v) is 15.0. The normalized spacial score (nSPS) is 13.8. The maximum absolute atomic E-state index is 12.0. The van der Waals surface area contributed by atoms with Crippen LogP contribution in [0.25, 0.3) is 0 Å². The van der Waals surface area contributed by atoms with Gasteiger partial charge in [-0.15, -0.1) is 0 Å². The summed E-state index contributed by atoms with van der Waals surface area (Å²) in [6.07, 6.45) is -0.296. The summed E-state index contributed by atoms with van der Waals surface area (Å²) >= 11 is 0. The summed E-state index contributed by atoms with van der Waals surface area (Å²) in [6.45, 7) is 4.22.